The summed E-state index contributed by atoms with van der Waals surface area (Å²) in [5, 5.41) is 3.25. The molecule has 2 heterocycles. The van der Waals surface area contributed by atoms with Gasteiger partial charge < -0.3 is 9.73 Å². The summed E-state index contributed by atoms with van der Waals surface area (Å²) in [5.74, 6) is 1.11. The summed E-state index contributed by atoms with van der Waals surface area (Å²) in [6, 6.07) is 5.52. The molecular formula is C13H15FN2O. The first kappa shape index (κ1) is 11.8. The van der Waals surface area contributed by atoms with E-state index in [1.165, 1.54) is 12.3 Å². The van der Waals surface area contributed by atoms with E-state index in [0.29, 0.717) is 23.9 Å². The SMILES string of the molecule is CC(C)NCc1ccc(-c2cncc(F)c2)o1. The van der Waals surface area contributed by atoms with E-state index in [9.17, 15) is 4.39 Å². The summed E-state index contributed by atoms with van der Waals surface area (Å²) in [5.41, 5.74) is 0.654. The maximum Gasteiger partial charge on any atom is 0.142 e. The van der Waals surface area contributed by atoms with E-state index >= 15 is 0 Å². The van der Waals surface area contributed by atoms with Gasteiger partial charge in [-0.05, 0) is 18.2 Å². The number of hydrogen-bond donors (Lipinski definition) is 1. The zero-order valence-corrected chi connectivity index (χ0v) is 9.90. The third-order valence-corrected chi connectivity index (χ3v) is 2.34. The predicted molar refractivity (Wildman–Crippen MR) is 63.9 cm³/mol. The second kappa shape index (κ2) is 5.10. The molecule has 1 N–H and O–H groups in total. The van der Waals surface area contributed by atoms with Crippen LogP contribution in [0.4, 0.5) is 4.39 Å². The van der Waals surface area contributed by atoms with E-state index in [2.05, 4.69) is 24.1 Å². The van der Waals surface area contributed by atoms with Crippen LogP contribution in [0.5, 0.6) is 0 Å². The van der Waals surface area contributed by atoms with Crippen LogP contribution in [0.1, 0.15) is 19.6 Å². The minimum atomic E-state index is -0.360. The molecule has 3 nitrogen and oxygen atoms in total. The second-order valence-corrected chi connectivity index (χ2v) is 4.19. The second-order valence-electron chi connectivity index (χ2n) is 4.19. The highest BCUT2D eigenvalue weighted by Gasteiger charge is 2.06. The summed E-state index contributed by atoms with van der Waals surface area (Å²) in [6.45, 7) is 4.81. The molecule has 4 heteroatoms. The van der Waals surface area contributed by atoms with E-state index in [1.807, 2.05) is 12.1 Å². The van der Waals surface area contributed by atoms with E-state index in [-0.39, 0.29) is 5.82 Å². The fourth-order valence-corrected chi connectivity index (χ4v) is 1.48. The van der Waals surface area contributed by atoms with Crippen molar-refractivity contribution in [2.24, 2.45) is 0 Å². The molecule has 0 saturated carbocycles. The standard InChI is InChI=1S/C13H15FN2O/c1-9(2)16-8-12-3-4-13(17-12)10-5-11(14)7-15-6-10/h3-7,9,16H,8H2,1-2H3. The maximum atomic E-state index is 13.0. The van der Waals surface area contributed by atoms with Gasteiger partial charge in [-0.3, -0.25) is 4.98 Å². The first-order chi connectivity index (χ1) is 8.15. The quantitative estimate of drug-likeness (QED) is 0.883. The van der Waals surface area contributed by atoms with Crippen molar-refractivity contribution in [1.82, 2.24) is 10.3 Å². The highest BCUT2D eigenvalue weighted by Crippen LogP contribution is 2.21. The Balaban J connectivity index is 2.12. The van der Waals surface area contributed by atoms with Gasteiger partial charge in [0.2, 0.25) is 0 Å². The van der Waals surface area contributed by atoms with Gasteiger partial charge in [0.15, 0.2) is 0 Å². The third kappa shape index (κ3) is 3.14. The molecule has 0 aliphatic carbocycles. The minimum absolute atomic E-state index is 0.360. The number of pyridine rings is 1. The normalized spacial score (nSPS) is 11.1. The van der Waals surface area contributed by atoms with Gasteiger partial charge in [0.05, 0.1) is 12.7 Å². The molecule has 0 atom stereocenters. The van der Waals surface area contributed by atoms with Crippen molar-refractivity contribution in [2.45, 2.75) is 26.4 Å². The molecule has 2 rings (SSSR count). The first-order valence-corrected chi connectivity index (χ1v) is 5.58. The Morgan fingerprint density at radius 2 is 2.18 bits per heavy atom. The van der Waals surface area contributed by atoms with E-state index in [4.69, 9.17) is 4.42 Å². The van der Waals surface area contributed by atoms with Crippen LogP contribution in [-0.4, -0.2) is 11.0 Å². The summed E-state index contributed by atoms with van der Waals surface area (Å²) in [4.78, 5) is 3.79. The lowest BCUT2D eigenvalue weighted by Gasteiger charge is -2.05. The van der Waals surface area contributed by atoms with E-state index in [0.717, 1.165) is 5.76 Å². The molecule has 0 aliphatic heterocycles. The van der Waals surface area contributed by atoms with Crippen LogP contribution in [0.25, 0.3) is 11.3 Å². The lowest BCUT2D eigenvalue weighted by molar-refractivity contribution is 0.473. The Hall–Kier alpha value is -1.68. The summed E-state index contributed by atoms with van der Waals surface area (Å²) >= 11 is 0. The maximum absolute atomic E-state index is 13.0. The summed E-state index contributed by atoms with van der Waals surface area (Å²) in [7, 11) is 0. The lowest BCUT2D eigenvalue weighted by Crippen LogP contribution is -2.21. The lowest BCUT2D eigenvalue weighted by atomic mass is 10.2. The van der Waals surface area contributed by atoms with Crippen LogP contribution in [0, 0.1) is 5.82 Å². The van der Waals surface area contributed by atoms with Gasteiger partial charge in [-0.2, -0.15) is 0 Å². The number of nitrogens with zero attached hydrogens (tertiary/aromatic N) is 1. The molecule has 0 saturated heterocycles. The number of hydrogen-bond acceptors (Lipinski definition) is 3. The zero-order valence-electron chi connectivity index (χ0n) is 9.90. The number of halogens is 1. The third-order valence-electron chi connectivity index (χ3n) is 2.34. The number of nitrogens with one attached hydrogen (secondary N) is 1. The van der Waals surface area contributed by atoms with Crippen molar-refractivity contribution >= 4 is 0 Å². The molecule has 17 heavy (non-hydrogen) atoms. The topological polar surface area (TPSA) is 38.1 Å². The molecule has 90 valence electrons. The Morgan fingerprint density at radius 1 is 1.35 bits per heavy atom. The largest absolute Gasteiger partial charge is 0.460 e. The Morgan fingerprint density at radius 3 is 2.88 bits per heavy atom. The molecule has 0 fully saturated rings. The van der Waals surface area contributed by atoms with Crippen LogP contribution >= 0.6 is 0 Å². The van der Waals surface area contributed by atoms with Crippen molar-refractivity contribution in [3.63, 3.8) is 0 Å². The average molecular weight is 234 g/mol. The smallest absolute Gasteiger partial charge is 0.142 e. The van der Waals surface area contributed by atoms with Crippen molar-refractivity contribution in [2.75, 3.05) is 0 Å². The van der Waals surface area contributed by atoms with Crippen molar-refractivity contribution in [3.05, 3.63) is 42.2 Å². The first-order valence-electron chi connectivity index (χ1n) is 5.58. The highest BCUT2D eigenvalue weighted by molar-refractivity contribution is 5.55. The van der Waals surface area contributed by atoms with Crippen LogP contribution in [0.15, 0.2) is 35.0 Å². The molecule has 0 unspecified atom stereocenters. The minimum Gasteiger partial charge on any atom is -0.460 e. The molecule has 2 aromatic heterocycles. The van der Waals surface area contributed by atoms with Crippen LogP contribution in [-0.2, 0) is 6.54 Å². The molecule has 0 spiro atoms. The van der Waals surface area contributed by atoms with Crippen LogP contribution in [0.3, 0.4) is 0 Å². The highest BCUT2D eigenvalue weighted by atomic mass is 19.1. The van der Waals surface area contributed by atoms with Crippen molar-refractivity contribution < 1.29 is 8.81 Å². The number of rotatable bonds is 4. The molecule has 0 bridgehead atoms. The van der Waals surface area contributed by atoms with Crippen molar-refractivity contribution in [3.8, 4) is 11.3 Å². The van der Waals surface area contributed by atoms with Gasteiger partial charge in [0.1, 0.15) is 17.3 Å². The summed E-state index contributed by atoms with van der Waals surface area (Å²) in [6.07, 6.45) is 2.76. The zero-order chi connectivity index (χ0) is 12.3. The van der Waals surface area contributed by atoms with Crippen molar-refractivity contribution in [1.29, 1.82) is 0 Å². The van der Waals surface area contributed by atoms with E-state index in [1.54, 1.807) is 6.20 Å². The monoisotopic (exact) mass is 234 g/mol. The van der Waals surface area contributed by atoms with Gasteiger partial charge in [0.25, 0.3) is 0 Å². The molecular weight excluding hydrogens is 219 g/mol. The fourth-order valence-electron chi connectivity index (χ4n) is 1.48. The fraction of sp³-hybridized carbons (Fsp3) is 0.308. The number of furan rings is 1. The Kier molecular flexibility index (Phi) is 3.54. The molecule has 0 aliphatic rings. The van der Waals surface area contributed by atoms with Crippen LogP contribution in [0.2, 0.25) is 0 Å². The van der Waals surface area contributed by atoms with Gasteiger partial charge >= 0.3 is 0 Å². The summed E-state index contributed by atoms with van der Waals surface area (Å²) < 4.78 is 18.6. The molecule has 0 amide bonds. The van der Waals surface area contributed by atoms with Crippen LogP contribution < -0.4 is 5.32 Å². The predicted octanol–water partition coefficient (Wildman–Crippen LogP) is 2.98. The molecule has 0 radical (unpaired) electrons. The van der Waals surface area contributed by atoms with E-state index < -0.39 is 0 Å². The average Bonchev–Trinajstić information content (AvgIpc) is 2.75. The van der Waals surface area contributed by atoms with Gasteiger partial charge in [-0.25, -0.2) is 4.39 Å². The molecule has 0 aromatic carbocycles. The molecule has 2 aromatic rings. The Bertz CT molecular complexity index is 494. The van der Waals surface area contributed by atoms with Gasteiger partial charge in [-0.1, -0.05) is 13.8 Å². The number of aromatic nitrogens is 1. The van der Waals surface area contributed by atoms with Gasteiger partial charge in [0, 0.05) is 17.8 Å². The van der Waals surface area contributed by atoms with Gasteiger partial charge in [-0.15, -0.1) is 0 Å². The Labute approximate surface area is 99.7 Å².